The van der Waals surface area contributed by atoms with Crippen molar-refractivity contribution in [3.8, 4) is 0 Å². The predicted molar refractivity (Wildman–Crippen MR) is 48.6 cm³/mol. The summed E-state index contributed by atoms with van der Waals surface area (Å²) in [6, 6.07) is 0. The van der Waals surface area contributed by atoms with Crippen LogP contribution in [0.15, 0.2) is 0 Å². The SMILES string of the molecule is CCCC(CCC)C(C)Cl. The van der Waals surface area contributed by atoms with Crippen molar-refractivity contribution in [2.75, 3.05) is 0 Å². The van der Waals surface area contributed by atoms with Crippen molar-refractivity contribution in [1.82, 2.24) is 0 Å². The molecule has 62 valence electrons. The van der Waals surface area contributed by atoms with Crippen LogP contribution < -0.4 is 0 Å². The number of hydrogen-bond donors (Lipinski definition) is 0. The van der Waals surface area contributed by atoms with E-state index in [9.17, 15) is 0 Å². The Labute approximate surface area is 70.0 Å². The smallest absolute Gasteiger partial charge is 0.0336 e. The second-order valence-electron chi connectivity index (χ2n) is 3.01. The number of hydrogen-bond acceptors (Lipinski definition) is 0. The van der Waals surface area contributed by atoms with Gasteiger partial charge in [-0.25, -0.2) is 0 Å². The van der Waals surface area contributed by atoms with Gasteiger partial charge in [0.15, 0.2) is 0 Å². The molecule has 1 heteroatoms. The van der Waals surface area contributed by atoms with E-state index in [1.165, 1.54) is 25.7 Å². The Morgan fingerprint density at radius 3 is 1.70 bits per heavy atom. The summed E-state index contributed by atoms with van der Waals surface area (Å²) in [6.07, 6.45) is 5.11. The minimum Gasteiger partial charge on any atom is -0.123 e. The summed E-state index contributed by atoms with van der Waals surface area (Å²) in [6.45, 7) is 6.56. The Kier molecular flexibility index (Phi) is 6.20. The van der Waals surface area contributed by atoms with Gasteiger partial charge in [-0.3, -0.25) is 0 Å². The zero-order valence-electron chi connectivity index (χ0n) is 7.36. The minimum absolute atomic E-state index is 0.361. The molecule has 0 aliphatic carbocycles. The van der Waals surface area contributed by atoms with Gasteiger partial charge >= 0.3 is 0 Å². The zero-order valence-corrected chi connectivity index (χ0v) is 8.12. The Hall–Kier alpha value is 0.290. The molecule has 0 N–H and O–H groups in total. The van der Waals surface area contributed by atoms with Crippen LogP contribution in [0.25, 0.3) is 0 Å². The number of halogens is 1. The molecular formula is C9H19Cl. The molecule has 0 saturated carbocycles. The molecule has 0 nitrogen and oxygen atoms in total. The van der Waals surface area contributed by atoms with E-state index in [0.717, 1.165) is 5.92 Å². The van der Waals surface area contributed by atoms with E-state index >= 15 is 0 Å². The summed E-state index contributed by atoms with van der Waals surface area (Å²) in [5, 5.41) is 0.361. The van der Waals surface area contributed by atoms with Crippen molar-refractivity contribution in [1.29, 1.82) is 0 Å². The van der Waals surface area contributed by atoms with Crippen LogP contribution >= 0.6 is 11.6 Å². The highest BCUT2D eigenvalue weighted by molar-refractivity contribution is 6.20. The molecule has 0 bridgehead atoms. The normalized spacial score (nSPS) is 14.1. The first-order valence-electron chi connectivity index (χ1n) is 4.36. The molecule has 0 radical (unpaired) electrons. The van der Waals surface area contributed by atoms with E-state index in [-0.39, 0.29) is 0 Å². The molecule has 0 saturated heterocycles. The third kappa shape index (κ3) is 4.16. The quantitative estimate of drug-likeness (QED) is 0.539. The van der Waals surface area contributed by atoms with Crippen LogP contribution in [0.5, 0.6) is 0 Å². The minimum atomic E-state index is 0.361. The maximum atomic E-state index is 6.00. The van der Waals surface area contributed by atoms with Crippen LogP contribution in [-0.2, 0) is 0 Å². The lowest BCUT2D eigenvalue weighted by Gasteiger charge is -2.16. The summed E-state index contributed by atoms with van der Waals surface area (Å²) < 4.78 is 0. The molecule has 0 spiro atoms. The Balaban J connectivity index is 3.50. The standard InChI is InChI=1S/C9H19Cl/c1-4-6-9(7-5-2)8(3)10/h8-9H,4-7H2,1-3H3. The van der Waals surface area contributed by atoms with Gasteiger partial charge < -0.3 is 0 Å². The second kappa shape index (κ2) is 6.03. The molecule has 10 heavy (non-hydrogen) atoms. The van der Waals surface area contributed by atoms with Gasteiger partial charge in [-0.15, -0.1) is 11.6 Å². The zero-order chi connectivity index (χ0) is 7.98. The van der Waals surface area contributed by atoms with Crippen molar-refractivity contribution in [3.05, 3.63) is 0 Å². The lowest BCUT2D eigenvalue weighted by Crippen LogP contribution is -2.10. The molecule has 0 aromatic rings. The van der Waals surface area contributed by atoms with Crippen LogP contribution in [0.4, 0.5) is 0 Å². The summed E-state index contributed by atoms with van der Waals surface area (Å²) in [7, 11) is 0. The van der Waals surface area contributed by atoms with Gasteiger partial charge in [0.05, 0.1) is 0 Å². The van der Waals surface area contributed by atoms with Gasteiger partial charge in [-0.2, -0.15) is 0 Å². The first-order valence-corrected chi connectivity index (χ1v) is 4.80. The first-order chi connectivity index (χ1) is 4.72. The monoisotopic (exact) mass is 162 g/mol. The molecular weight excluding hydrogens is 144 g/mol. The van der Waals surface area contributed by atoms with Gasteiger partial charge in [0, 0.05) is 5.38 Å². The van der Waals surface area contributed by atoms with E-state index in [0.29, 0.717) is 5.38 Å². The van der Waals surface area contributed by atoms with Crippen LogP contribution in [0.2, 0.25) is 0 Å². The van der Waals surface area contributed by atoms with Crippen LogP contribution in [0.3, 0.4) is 0 Å². The van der Waals surface area contributed by atoms with Crippen molar-refractivity contribution in [2.45, 2.75) is 51.8 Å². The third-order valence-corrected chi connectivity index (χ3v) is 2.32. The van der Waals surface area contributed by atoms with Crippen LogP contribution in [0.1, 0.15) is 46.5 Å². The van der Waals surface area contributed by atoms with Gasteiger partial charge in [-0.1, -0.05) is 26.7 Å². The molecule has 0 fully saturated rings. The molecule has 0 aliphatic heterocycles. The fourth-order valence-corrected chi connectivity index (χ4v) is 1.60. The average Bonchev–Trinajstić information content (AvgIpc) is 1.87. The van der Waals surface area contributed by atoms with E-state index in [1.54, 1.807) is 0 Å². The van der Waals surface area contributed by atoms with Crippen LogP contribution in [-0.4, -0.2) is 5.38 Å². The average molecular weight is 163 g/mol. The predicted octanol–water partition coefficient (Wildman–Crippen LogP) is 3.83. The Morgan fingerprint density at radius 1 is 1.10 bits per heavy atom. The highest BCUT2D eigenvalue weighted by Crippen LogP contribution is 2.21. The summed E-state index contributed by atoms with van der Waals surface area (Å²) in [5.74, 6) is 0.747. The molecule has 0 aromatic heterocycles. The summed E-state index contributed by atoms with van der Waals surface area (Å²) in [5.41, 5.74) is 0. The van der Waals surface area contributed by atoms with E-state index in [2.05, 4.69) is 20.8 Å². The summed E-state index contributed by atoms with van der Waals surface area (Å²) in [4.78, 5) is 0. The maximum absolute atomic E-state index is 6.00. The highest BCUT2D eigenvalue weighted by Gasteiger charge is 2.11. The topological polar surface area (TPSA) is 0 Å². The first kappa shape index (κ1) is 10.3. The van der Waals surface area contributed by atoms with Gasteiger partial charge in [0.2, 0.25) is 0 Å². The van der Waals surface area contributed by atoms with E-state index in [4.69, 9.17) is 11.6 Å². The van der Waals surface area contributed by atoms with Crippen molar-refractivity contribution < 1.29 is 0 Å². The lowest BCUT2D eigenvalue weighted by molar-refractivity contribution is 0.433. The van der Waals surface area contributed by atoms with E-state index in [1.807, 2.05) is 0 Å². The molecule has 0 aliphatic rings. The fraction of sp³-hybridized carbons (Fsp3) is 1.00. The molecule has 1 atom stereocenters. The molecule has 1 unspecified atom stereocenters. The van der Waals surface area contributed by atoms with Gasteiger partial charge in [0.1, 0.15) is 0 Å². The lowest BCUT2D eigenvalue weighted by atomic mass is 9.95. The highest BCUT2D eigenvalue weighted by atomic mass is 35.5. The van der Waals surface area contributed by atoms with E-state index < -0.39 is 0 Å². The summed E-state index contributed by atoms with van der Waals surface area (Å²) >= 11 is 6.00. The van der Waals surface area contributed by atoms with Crippen molar-refractivity contribution in [2.24, 2.45) is 5.92 Å². The van der Waals surface area contributed by atoms with Crippen molar-refractivity contribution >= 4 is 11.6 Å². The van der Waals surface area contributed by atoms with Gasteiger partial charge in [-0.05, 0) is 25.7 Å². The van der Waals surface area contributed by atoms with Crippen LogP contribution in [0, 0.1) is 5.92 Å². The Bertz CT molecular complexity index is 63.1. The molecule has 0 aromatic carbocycles. The largest absolute Gasteiger partial charge is 0.123 e. The Morgan fingerprint density at radius 2 is 1.50 bits per heavy atom. The molecule has 0 amide bonds. The number of rotatable bonds is 5. The maximum Gasteiger partial charge on any atom is 0.0336 e. The molecule has 0 rings (SSSR count). The van der Waals surface area contributed by atoms with Crippen molar-refractivity contribution in [3.63, 3.8) is 0 Å². The third-order valence-electron chi connectivity index (χ3n) is 1.97. The molecule has 0 heterocycles. The van der Waals surface area contributed by atoms with Gasteiger partial charge in [0.25, 0.3) is 0 Å². The fourth-order valence-electron chi connectivity index (χ4n) is 1.35. The second-order valence-corrected chi connectivity index (χ2v) is 3.70. The number of alkyl halides is 1.